The molecule has 31 rings (SSSR count). The number of hydrogen-bond acceptors (Lipinski definition) is 7. The fourth-order valence-electron chi connectivity index (χ4n) is 25.7. The number of para-hydroxylation sites is 7. The monoisotopic (exact) mass is 1960 g/mol. The topological polar surface area (TPSA) is 110 Å². The van der Waals surface area contributed by atoms with E-state index in [0.29, 0.717) is 0 Å². The highest BCUT2D eigenvalue weighted by Crippen LogP contribution is 2.55. The first-order chi connectivity index (χ1) is 73.0. The lowest BCUT2D eigenvalue weighted by molar-refractivity contribution is 0.661. The second kappa shape index (κ2) is 33.3. The molecule has 149 heavy (non-hydrogen) atoms. The molecule has 0 atom stereocenters. The summed E-state index contributed by atoms with van der Waals surface area (Å²) >= 11 is 0. The average Bonchev–Trinajstić information content (AvgIpc) is 1.54. The maximum Gasteiger partial charge on any atom is 0.160 e. The second-order valence-electron chi connectivity index (χ2n) is 42.2. The second-order valence-corrected chi connectivity index (χ2v) is 55.0. The van der Waals surface area contributed by atoms with Crippen molar-refractivity contribution in [3.63, 3.8) is 0 Å². The first-order valence-electron chi connectivity index (χ1n) is 51.6. The van der Waals surface area contributed by atoms with Crippen molar-refractivity contribution in [2.75, 3.05) is 0 Å². The predicted molar refractivity (Wildman–Crippen MR) is 627 cm³/mol. The molecule has 11 heterocycles. The van der Waals surface area contributed by atoms with Crippen LogP contribution in [0, 0.1) is 0 Å². The number of rotatable bonds is 10. The van der Waals surface area contributed by atoms with E-state index in [4.69, 9.17) is 34.3 Å². The molecule has 0 bridgehead atoms. The lowest BCUT2D eigenvalue weighted by Gasteiger charge is -2.23. The van der Waals surface area contributed by atoms with E-state index in [9.17, 15) is 0 Å². The molecule has 1 aliphatic carbocycles. The Balaban J connectivity index is 0.000000105. The number of nitrogens with zero attached hydrogens (tertiary/aromatic N) is 10. The van der Waals surface area contributed by atoms with Crippen LogP contribution in [0.2, 0.25) is 39.3 Å². The van der Waals surface area contributed by atoms with Gasteiger partial charge in [-0.15, -0.1) is 0 Å². The number of aromatic nitrogens is 10. The minimum atomic E-state index is -2.17. The summed E-state index contributed by atoms with van der Waals surface area (Å²) in [5.41, 5.74) is 37.7. The molecule has 0 amide bonds. The van der Waals surface area contributed by atoms with Crippen molar-refractivity contribution in [1.29, 1.82) is 0 Å². The average molecular weight is 1960 g/mol. The van der Waals surface area contributed by atoms with E-state index in [1.807, 2.05) is 18.2 Å². The van der Waals surface area contributed by atoms with Crippen molar-refractivity contribution in [3.05, 3.63) is 460 Å². The SMILES string of the molecule is CC1(C)c2ccccc2-c2c1ccc1c3ccccc3n(-c3cccc(-c4nc(-c5ccccc5)nc5c4[Si](C)(C)c4ccccc4-5)c3)c21.C[Si]1(C)c2ccccc2-c2nc(-c3ccccc3)nc(-c3cccc(-n4c5ccccc5c5ccc6c(c7ccccc7n6-c6ccccc6)c54)c3)c21.C[Si]1(C)c2ccccc2-c2nc(-c3ccccc3)nc(-c3ccccc3-n3c4ccccc4c4ccc5oc6ccccc6c5c43)c21. The van der Waals surface area contributed by atoms with Crippen LogP contribution in [-0.4, -0.2) is 72.4 Å². The quantitative estimate of drug-likeness (QED) is 0.125. The van der Waals surface area contributed by atoms with Crippen LogP contribution in [0.4, 0.5) is 0 Å². The van der Waals surface area contributed by atoms with Gasteiger partial charge in [0.2, 0.25) is 0 Å². The molecular weight excluding hydrogens is 1860 g/mol. The Bertz CT molecular complexity index is 10300. The zero-order valence-corrected chi connectivity index (χ0v) is 86.6. The van der Waals surface area contributed by atoms with Crippen molar-refractivity contribution in [2.24, 2.45) is 0 Å². The molecule has 0 radical (unpaired) electrons. The zero-order chi connectivity index (χ0) is 99.6. The summed E-state index contributed by atoms with van der Waals surface area (Å²) in [6.07, 6.45) is 0. The minimum Gasteiger partial charge on any atom is -0.456 e. The number of fused-ring (bicyclic) bond motifs is 30. The normalized spacial score (nSPS) is 13.9. The van der Waals surface area contributed by atoms with Crippen molar-refractivity contribution >= 4 is 165 Å². The number of benzene rings is 19. The van der Waals surface area contributed by atoms with Crippen molar-refractivity contribution in [3.8, 4) is 136 Å². The third-order valence-electron chi connectivity index (χ3n) is 32.5. The standard InChI is InChI=1S/C48H34N4Si.C45H35N3Si.C42H29N3OSi/c1-53(2)42-27-14-11-24-38(42)45-47(53)44(49-48(50-45)31-16-5-3-6-17-31)32-18-15-21-34(30-32)52-39-25-12-9-22-35(39)36-28-29-41-43(46(36)52)37-23-10-13-26-40(37)51(41)33-19-7-4-8-20-33;1-45(2)35-22-11-8-20-33(35)39-36(45)26-25-32-31-19-9-12-23-37(31)48(42(32)39)30-18-14-17-29(27-30)40-43-41(34-21-10-13-24-38(34)49(43,3)4)47-44(46-40)28-15-6-5-7-16-28;1-47(2)36-23-13-9-19-31(36)39-41(47)38(43-42(44-39)26-14-4-3-5-15-26)29-17-7-11-21-33(29)45-32-20-10-6-16-27(32)28-24-25-35-37(40(28)45)30-18-8-12-22-34(30)46-35/h3-30H,1-2H3;5-27H,1-4H3;3-25H,1-2H3. The third kappa shape index (κ3) is 13.1. The van der Waals surface area contributed by atoms with Crippen LogP contribution >= 0.6 is 0 Å². The fraction of sp³-hybridized carbons (Fsp3) is 0.0667. The summed E-state index contributed by atoms with van der Waals surface area (Å²) in [5.74, 6) is 2.29. The van der Waals surface area contributed by atoms with Gasteiger partial charge in [0, 0.05) is 110 Å². The molecular formula is C135H98N10OSi3. The molecule has 19 aromatic carbocycles. The molecule has 0 N–H and O–H groups in total. The van der Waals surface area contributed by atoms with E-state index in [1.54, 1.807) is 0 Å². The molecule has 0 spiro atoms. The lowest BCUT2D eigenvalue weighted by atomic mass is 9.82. The largest absolute Gasteiger partial charge is 0.456 e. The third-order valence-corrected chi connectivity index (χ3v) is 43.0. The van der Waals surface area contributed by atoms with E-state index >= 15 is 0 Å². The van der Waals surface area contributed by atoms with Gasteiger partial charge in [-0.1, -0.05) is 411 Å². The van der Waals surface area contributed by atoms with Crippen LogP contribution in [0.15, 0.2) is 453 Å². The molecule has 706 valence electrons. The Morgan fingerprint density at radius 3 is 1.08 bits per heavy atom. The Morgan fingerprint density at radius 1 is 0.221 bits per heavy atom. The van der Waals surface area contributed by atoms with Crippen molar-refractivity contribution in [2.45, 2.75) is 58.5 Å². The summed E-state index contributed by atoms with van der Waals surface area (Å²) in [6.45, 7) is 19.4. The predicted octanol–water partition coefficient (Wildman–Crippen LogP) is 30.4. The van der Waals surface area contributed by atoms with Crippen molar-refractivity contribution in [1.82, 2.24) is 48.2 Å². The number of hydrogen-bond donors (Lipinski definition) is 0. The van der Waals surface area contributed by atoms with Gasteiger partial charge in [0.15, 0.2) is 17.5 Å². The molecule has 0 fully saturated rings. The van der Waals surface area contributed by atoms with Gasteiger partial charge < -0.3 is 22.7 Å². The van der Waals surface area contributed by atoms with E-state index in [0.717, 1.165) is 141 Å². The molecule has 8 aromatic heterocycles. The summed E-state index contributed by atoms with van der Waals surface area (Å²) < 4.78 is 16.3. The zero-order valence-electron chi connectivity index (χ0n) is 83.6. The van der Waals surface area contributed by atoms with Gasteiger partial charge in [-0.3, -0.25) is 0 Å². The first-order valence-corrected chi connectivity index (χ1v) is 60.6. The van der Waals surface area contributed by atoms with Gasteiger partial charge >= 0.3 is 0 Å². The van der Waals surface area contributed by atoms with E-state index in [1.165, 1.54) is 146 Å². The van der Waals surface area contributed by atoms with Gasteiger partial charge in [0.1, 0.15) is 35.4 Å². The van der Waals surface area contributed by atoms with Gasteiger partial charge in [-0.2, -0.15) is 0 Å². The number of furan rings is 1. The van der Waals surface area contributed by atoms with Crippen LogP contribution in [0.25, 0.3) is 245 Å². The van der Waals surface area contributed by atoms with E-state index in [2.05, 4.69) is 502 Å². The van der Waals surface area contributed by atoms with Gasteiger partial charge in [0.25, 0.3) is 0 Å². The Hall–Kier alpha value is -17.9. The molecule has 27 aromatic rings. The molecule has 0 unspecified atom stereocenters. The highest BCUT2D eigenvalue weighted by atomic mass is 28.3. The van der Waals surface area contributed by atoms with Crippen LogP contribution in [-0.2, 0) is 5.41 Å². The van der Waals surface area contributed by atoms with E-state index < -0.39 is 24.2 Å². The van der Waals surface area contributed by atoms with Crippen LogP contribution in [0.1, 0.15) is 25.0 Å². The van der Waals surface area contributed by atoms with Gasteiger partial charge in [-0.05, 0) is 155 Å². The summed E-state index contributed by atoms with van der Waals surface area (Å²) in [4.78, 5) is 32.3. The maximum absolute atomic E-state index is 6.42. The first kappa shape index (κ1) is 87.6. The van der Waals surface area contributed by atoms with Crippen molar-refractivity contribution < 1.29 is 4.42 Å². The molecule has 3 aliphatic heterocycles. The highest BCUT2D eigenvalue weighted by molar-refractivity contribution is 7.05. The molecule has 4 aliphatic rings. The summed E-state index contributed by atoms with van der Waals surface area (Å²) in [7, 11) is -6.41. The highest BCUT2D eigenvalue weighted by Gasteiger charge is 2.47. The van der Waals surface area contributed by atoms with Gasteiger partial charge in [-0.25, -0.2) is 29.9 Å². The van der Waals surface area contributed by atoms with Crippen LogP contribution in [0.5, 0.6) is 0 Å². The fourth-order valence-corrected chi connectivity index (χ4v) is 35.4. The minimum absolute atomic E-state index is 0.0795. The molecule has 0 saturated carbocycles. The lowest BCUT2D eigenvalue weighted by Crippen LogP contribution is -2.50. The molecule has 11 nitrogen and oxygen atoms in total. The van der Waals surface area contributed by atoms with Gasteiger partial charge in [0.05, 0.1) is 89.4 Å². The van der Waals surface area contributed by atoms with Crippen LogP contribution in [0.3, 0.4) is 0 Å². The Labute approximate surface area is 864 Å². The Morgan fingerprint density at radius 2 is 0.570 bits per heavy atom. The Kier molecular flexibility index (Phi) is 19.6. The molecule has 0 saturated heterocycles. The maximum atomic E-state index is 6.42. The summed E-state index contributed by atoms with van der Waals surface area (Å²) in [6, 6.07) is 162. The van der Waals surface area contributed by atoms with E-state index in [-0.39, 0.29) is 5.41 Å². The van der Waals surface area contributed by atoms with Crippen LogP contribution < -0.4 is 31.1 Å². The summed E-state index contributed by atoms with van der Waals surface area (Å²) in [5, 5.41) is 20.4. The smallest absolute Gasteiger partial charge is 0.160 e. The molecule has 14 heteroatoms.